The van der Waals surface area contributed by atoms with Crippen molar-refractivity contribution in [1.82, 2.24) is 0 Å². The highest BCUT2D eigenvalue weighted by molar-refractivity contribution is 5.73. The highest BCUT2D eigenvalue weighted by atomic mass is 16.4. The maximum Gasteiger partial charge on any atom is 0.320 e. The van der Waals surface area contributed by atoms with Gasteiger partial charge in [0.2, 0.25) is 0 Å². The largest absolute Gasteiger partial charge is 0.480 e. The molecule has 0 bridgehead atoms. The van der Waals surface area contributed by atoms with Crippen molar-refractivity contribution < 1.29 is 9.90 Å². The maximum absolute atomic E-state index is 10.6. The highest BCUT2D eigenvalue weighted by Gasteiger charge is 2.21. The van der Waals surface area contributed by atoms with Gasteiger partial charge in [-0.05, 0) is 18.3 Å². The van der Waals surface area contributed by atoms with Gasteiger partial charge in [0.15, 0.2) is 0 Å². The first-order chi connectivity index (χ1) is 5.99. The van der Waals surface area contributed by atoms with Crippen LogP contribution in [0.4, 0.5) is 0 Å². The summed E-state index contributed by atoms with van der Waals surface area (Å²) in [6, 6.07) is -0.709. The number of carboxylic acid groups (broad SMARTS) is 1. The molecule has 0 saturated heterocycles. The molecule has 3 heteroatoms. The molecular formula is C10H21NO2. The first-order valence-electron chi connectivity index (χ1n) is 4.97. The SMILES string of the molecule is CCCC(C)CC(C)[C@H](N)C(=O)O. The molecule has 0 amide bonds. The molecule has 3 nitrogen and oxygen atoms in total. The highest BCUT2D eigenvalue weighted by Crippen LogP contribution is 2.18. The van der Waals surface area contributed by atoms with Crippen molar-refractivity contribution >= 4 is 5.97 Å². The number of aliphatic carboxylic acids is 1. The van der Waals surface area contributed by atoms with Crippen LogP contribution in [0, 0.1) is 11.8 Å². The molecule has 0 aliphatic carbocycles. The van der Waals surface area contributed by atoms with Crippen LogP contribution in [0.15, 0.2) is 0 Å². The van der Waals surface area contributed by atoms with Crippen LogP contribution in [0.5, 0.6) is 0 Å². The number of nitrogens with two attached hydrogens (primary N) is 1. The van der Waals surface area contributed by atoms with E-state index in [1.54, 1.807) is 0 Å². The van der Waals surface area contributed by atoms with Crippen LogP contribution < -0.4 is 5.73 Å². The van der Waals surface area contributed by atoms with Gasteiger partial charge in [-0.15, -0.1) is 0 Å². The topological polar surface area (TPSA) is 63.3 Å². The fraction of sp³-hybridized carbons (Fsp3) is 0.900. The van der Waals surface area contributed by atoms with E-state index in [4.69, 9.17) is 10.8 Å². The Morgan fingerprint density at radius 2 is 2.00 bits per heavy atom. The summed E-state index contributed by atoms with van der Waals surface area (Å²) in [6.45, 7) is 6.19. The van der Waals surface area contributed by atoms with E-state index in [-0.39, 0.29) is 5.92 Å². The minimum absolute atomic E-state index is 0.0686. The second-order valence-corrected chi connectivity index (χ2v) is 3.97. The van der Waals surface area contributed by atoms with Crippen LogP contribution in [0.25, 0.3) is 0 Å². The van der Waals surface area contributed by atoms with Crippen molar-refractivity contribution in [3.63, 3.8) is 0 Å². The van der Waals surface area contributed by atoms with E-state index in [0.29, 0.717) is 5.92 Å². The van der Waals surface area contributed by atoms with E-state index in [2.05, 4.69) is 13.8 Å². The minimum atomic E-state index is -0.892. The maximum atomic E-state index is 10.6. The molecule has 3 N–H and O–H groups in total. The summed E-state index contributed by atoms with van der Waals surface area (Å²) in [5.74, 6) is -0.249. The molecule has 0 fully saturated rings. The lowest BCUT2D eigenvalue weighted by molar-refractivity contribution is -0.139. The van der Waals surface area contributed by atoms with E-state index < -0.39 is 12.0 Å². The first-order valence-corrected chi connectivity index (χ1v) is 4.97. The third-order valence-electron chi connectivity index (χ3n) is 2.45. The average Bonchev–Trinajstić information content (AvgIpc) is 2.03. The van der Waals surface area contributed by atoms with Gasteiger partial charge in [-0.3, -0.25) is 4.79 Å². The number of carboxylic acids is 1. The molecule has 0 radical (unpaired) electrons. The van der Waals surface area contributed by atoms with E-state index in [1.165, 1.54) is 0 Å². The van der Waals surface area contributed by atoms with Crippen molar-refractivity contribution in [3.8, 4) is 0 Å². The van der Waals surface area contributed by atoms with Gasteiger partial charge >= 0.3 is 5.97 Å². The Bertz CT molecular complexity index is 159. The second-order valence-electron chi connectivity index (χ2n) is 3.97. The van der Waals surface area contributed by atoms with Crippen LogP contribution in [0.2, 0.25) is 0 Å². The monoisotopic (exact) mass is 187 g/mol. The Hall–Kier alpha value is -0.570. The molecule has 2 unspecified atom stereocenters. The molecule has 0 aliphatic heterocycles. The van der Waals surface area contributed by atoms with Crippen molar-refractivity contribution in [2.45, 2.75) is 46.1 Å². The molecule has 0 heterocycles. The predicted molar refractivity (Wildman–Crippen MR) is 53.5 cm³/mol. The number of hydrogen-bond acceptors (Lipinski definition) is 2. The van der Waals surface area contributed by atoms with Gasteiger partial charge in [0.1, 0.15) is 6.04 Å². The smallest absolute Gasteiger partial charge is 0.320 e. The van der Waals surface area contributed by atoms with Gasteiger partial charge in [0.05, 0.1) is 0 Å². The quantitative estimate of drug-likeness (QED) is 0.667. The van der Waals surface area contributed by atoms with E-state index >= 15 is 0 Å². The van der Waals surface area contributed by atoms with Crippen molar-refractivity contribution in [3.05, 3.63) is 0 Å². The molecule has 3 atom stereocenters. The van der Waals surface area contributed by atoms with Crippen molar-refractivity contribution in [2.75, 3.05) is 0 Å². The van der Waals surface area contributed by atoms with Gasteiger partial charge in [0, 0.05) is 0 Å². The Labute approximate surface area is 80.3 Å². The minimum Gasteiger partial charge on any atom is -0.480 e. The number of hydrogen-bond donors (Lipinski definition) is 2. The van der Waals surface area contributed by atoms with Crippen LogP contribution in [0.1, 0.15) is 40.0 Å². The van der Waals surface area contributed by atoms with Crippen LogP contribution in [0.3, 0.4) is 0 Å². The fourth-order valence-electron chi connectivity index (χ4n) is 1.64. The third kappa shape index (κ3) is 4.88. The number of carbonyl (C=O) groups is 1. The number of rotatable bonds is 6. The molecular weight excluding hydrogens is 166 g/mol. The summed E-state index contributed by atoms with van der Waals surface area (Å²) in [6.07, 6.45) is 3.20. The summed E-state index contributed by atoms with van der Waals surface area (Å²) in [5, 5.41) is 8.67. The van der Waals surface area contributed by atoms with E-state index in [0.717, 1.165) is 19.3 Å². The van der Waals surface area contributed by atoms with Crippen molar-refractivity contribution in [2.24, 2.45) is 17.6 Å². The van der Waals surface area contributed by atoms with Crippen LogP contribution in [-0.2, 0) is 4.79 Å². The lowest BCUT2D eigenvalue weighted by atomic mass is 9.89. The molecule has 13 heavy (non-hydrogen) atoms. The second kappa shape index (κ2) is 5.97. The van der Waals surface area contributed by atoms with Crippen LogP contribution >= 0.6 is 0 Å². The zero-order valence-corrected chi connectivity index (χ0v) is 8.79. The Balaban J connectivity index is 3.84. The molecule has 0 aliphatic rings. The Morgan fingerprint density at radius 1 is 1.46 bits per heavy atom. The lowest BCUT2D eigenvalue weighted by Gasteiger charge is -2.19. The van der Waals surface area contributed by atoms with Gasteiger partial charge in [-0.25, -0.2) is 0 Å². The lowest BCUT2D eigenvalue weighted by Crippen LogP contribution is -2.37. The summed E-state index contributed by atoms with van der Waals surface area (Å²) < 4.78 is 0. The zero-order valence-electron chi connectivity index (χ0n) is 8.79. The molecule has 78 valence electrons. The first kappa shape index (κ1) is 12.4. The summed E-state index contributed by atoms with van der Waals surface area (Å²) in [7, 11) is 0. The molecule has 0 spiro atoms. The summed E-state index contributed by atoms with van der Waals surface area (Å²) >= 11 is 0. The summed E-state index contributed by atoms with van der Waals surface area (Å²) in [4.78, 5) is 10.6. The zero-order chi connectivity index (χ0) is 10.4. The van der Waals surface area contributed by atoms with Gasteiger partial charge in [-0.1, -0.05) is 33.6 Å². The van der Waals surface area contributed by atoms with Gasteiger partial charge in [-0.2, -0.15) is 0 Å². The third-order valence-corrected chi connectivity index (χ3v) is 2.45. The predicted octanol–water partition coefficient (Wildman–Crippen LogP) is 1.86. The molecule has 0 saturated carbocycles. The molecule has 0 aromatic rings. The standard InChI is InChI=1S/C10H21NO2/c1-4-5-7(2)6-8(3)9(11)10(12)13/h7-9H,4-6,11H2,1-3H3,(H,12,13)/t7?,8?,9-/m0/s1. The molecule has 0 aromatic carbocycles. The van der Waals surface area contributed by atoms with Gasteiger partial charge in [0.25, 0.3) is 0 Å². The normalized spacial score (nSPS) is 17.8. The Kier molecular flexibility index (Phi) is 5.71. The van der Waals surface area contributed by atoms with Gasteiger partial charge < -0.3 is 10.8 Å². The fourth-order valence-corrected chi connectivity index (χ4v) is 1.64. The van der Waals surface area contributed by atoms with Crippen molar-refractivity contribution in [1.29, 1.82) is 0 Å². The Morgan fingerprint density at radius 3 is 2.38 bits per heavy atom. The molecule has 0 aromatic heterocycles. The molecule has 0 rings (SSSR count). The summed E-state index contributed by atoms with van der Waals surface area (Å²) in [5.41, 5.74) is 5.50. The van der Waals surface area contributed by atoms with E-state index in [1.807, 2.05) is 6.92 Å². The average molecular weight is 187 g/mol. The van der Waals surface area contributed by atoms with Crippen LogP contribution in [-0.4, -0.2) is 17.1 Å². The van der Waals surface area contributed by atoms with E-state index in [9.17, 15) is 4.79 Å².